The van der Waals surface area contributed by atoms with Crippen LogP contribution in [0.1, 0.15) is 38.8 Å². The summed E-state index contributed by atoms with van der Waals surface area (Å²) in [4.78, 5) is 0. The number of ether oxygens (including phenoxy) is 1. The summed E-state index contributed by atoms with van der Waals surface area (Å²) in [6.07, 6.45) is 4.91. The molecule has 0 amide bonds. The molecule has 0 fully saturated rings. The Bertz CT molecular complexity index is 534. The van der Waals surface area contributed by atoms with Crippen molar-refractivity contribution in [2.45, 2.75) is 39.8 Å². The molecule has 4 heteroatoms. The number of rotatable bonds is 7. The Morgan fingerprint density at radius 1 is 1.35 bits per heavy atom. The quantitative estimate of drug-likeness (QED) is 0.832. The third kappa shape index (κ3) is 4.02. The molecule has 108 valence electrons. The van der Waals surface area contributed by atoms with Gasteiger partial charge in [-0.2, -0.15) is 5.10 Å². The second-order valence-electron chi connectivity index (χ2n) is 5.15. The van der Waals surface area contributed by atoms with Crippen LogP contribution in [-0.2, 0) is 6.54 Å². The summed E-state index contributed by atoms with van der Waals surface area (Å²) >= 11 is 0. The van der Waals surface area contributed by atoms with E-state index in [4.69, 9.17) is 4.74 Å². The van der Waals surface area contributed by atoms with Crippen molar-refractivity contribution >= 4 is 5.69 Å². The molecule has 2 aromatic rings. The number of aromatic nitrogens is 2. The summed E-state index contributed by atoms with van der Waals surface area (Å²) < 4.78 is 7.59. The van der Waals surface area contributed by atoms with Gasteiger partial charge in [0.25, 0.3) is 0 Å². The highest BCUT2D eigenvalue weighted by Gasteiger charge is 2.02. The van der Waals surface area contributed by atoms with Crippen molar-refractivity contribution in [1.29, 1.82) is 0 Å². The molecule has 0 saturated carbocycles. The smallest absolute Gasteiger partial charge is 0.119 e. The predicted octanol–water partition coefficient (Wildman–Crippen LogP) is 3.86. The Balaban J connectivity index is 1.92. The fraction of sp³-hybridized carbons (Fsp3) is 0.438. The molecule has 0 bridgehead atoms. The summed E-state index contributed by atoms with van der Waals surface area (Å²) in [5.41, 5.74) is 2.24. The van der Waals surface area contributed by atoms with Gasteiger partial charge in [-0.15, -0.1) is 0 Å². The van der Waals surface area contributed by atoms with Gasteiger partial charge in [0, 0.05) is 18.8 Å². The third-order valence-electron chi connectivity index (χ3n) is 3.00. The lowest BCUT2D eigenvalue weighted by atomic mass is 10.2. The number of nitrogens with zero attached hydrogens (tertiary/aromatic N) is 2. The van der Waals surface area contributed by atoms with Crippen LogP contribution in [0.3, 0.4) is 0 Å². The molecule has 1 aromatic carbocycles. The molecule has 0 aliphatic rings. The van der Waals surface area contributed by atoms with Gasteiger partial charge >= 0.3 is 0 Å². The van der Waals surface area contributed by atoms with E-state index in [-0.39, 0.29) is 0 Å². The standard InChI is InChI=1S/C16H23N3O/c1-4-8-20-16-7-5-6-14(9-16)10-17-15-11-18-19(12-15)13(2)3/h5-7,9,11-13,17H,4,8,10H2,1-3H3. The maximum absolute atomic E-state index is 5.64. The number of anilines is 1. The summed E-state index contributed by atoms with van der Waals surface area (Å²) in [6.45, 7) is 7.87. The molecule has 0 aliphatic heterocycles. The highest BCUT2D eigenvalue weighted by Crippen LogP contribution is 2.16. The van der Waals surface area contributed by atoms with Crippen LogP contribution in [0.25, 0.3) is 0 Å². The zero-order chi connectivity index (χ0) is 14.4. The summed E-state index contributed by atoms with van der Waals surface area (Å²) in [7, 11) is 0. The van der Waals surface area contributed by atoms with E-state index in [0.29, 0.717) is 6.04 Å². The van der Waals surface area contributed by atoms with Gasteiger partial charge in [-0.3, -0.25) is 4.68 Å². The number of benzene rings is 1. The largest absolute Gasteiger partial charge is 0.494 e. The van der Waals surface area contributed by atoms with Crippen molar-refractivity contribution in [2.75, 3.05) is 11.9 Å². The first-order valence-electron chi connectivity index (χ1n) is 7.19. The zero-order valence-corrected chi connectivity index (χ0v) is 12.5. The first-order chi connectivity index (χ1) is 9.69. The monoisotopic (exact) mass is 273 g/mol. The second kappa shape index (κ2) is 6.98. The van der Waals surface area contributed by atoms with Gasteiger partial charge in [0.05, 0.1) is 18.5 Å². The van der Waals surface area contributed by atoms with Gasteiger partial charge in [0.15, 0.2) is 0 Å². The van der Waals surface area contributed by atoms with Crippen molar-refractivity contribution in [3.63, 3.8) is 0 Å². The predicted molar refractivity (Wildman–Crippen MR) is 82.2 cm³/mol. The molecule has 20 heavy (non-hydrogen) atoms. The average molecular weight is 273 g/mol. The molecule has 0 unspecified atom stereocenters. The molecule has 0 aliphatic carbocycles. The molecule has 4 nitrogen and oxygen atoms in total. The first kappa shape index (κ1) is 14.4. The lowest BCUT2D eigenvalue weighted by Crippen LogP contribution is -2.01. The number of nitrogens with one attached hydrogen (secondary N) is 1. The topological polar surface area (TPSA) is 39.1 Å². The normalized spacial score (nSPS) is 10.8. The Morgan fingerprint density at radius 2 is 2.20 bits per heavy atom. The Labute approximate surface area is 120 Å². The van der Waals surface area contributed by atoms with Crippen LogP contribution in [0, 0.1) is 0 Å². The fourth-order valence-electron chi connectivity index (χ4n) is 1.88. The van der Waals surface area contributed by atoms with Crippen LogP contribution in [0.4, 0.5) is 5.69 Å². The second-order valence-corrected chi connectivity index (χ2v) is 5.15. The van der Waals surface area contributed by atoms with Crippen molar-refractivity contribution in [3.05, 3.63) is 42.2 Å². The number of hydrogen-bond donors (Lipinski definition) is 1. The van der Waals surface area contributed by atoms with E-state index in [1.165, 1.54) is 5.56 Å². The molecule has 0 atom stereocenters. The summed E-state index contributed by atoms with van der Waals surface area (Å²) in [5.74, 6) is 0.934. The van der Waals surface area contributed by atoms with E-state index in [0.717, 1.165) is 31.0 Å². The van der Waals surface area contributed by atoms with Crippen molar-refractivity contribution in [2.24, 2.45) is 0 Å². The van der Waals surface area contributed by atoms with Gasteiger partial charge in [-0.25, -0.2) is 0 Å². The Kier molecular flexibility index (Phi) is 5.04. The van der Waals surface area contributed by atoms with Crippen LogP contribution in [0.5, 0.6) is 5.75 Å². The van der Waals surface area contributed by atoms with E-state index in [1.807, 2.05) is 29.2 Å². The molecular formula is C16H23N3O. The van der Waals surface area contributed by atoms with Gasteiger partial charge < -0.3 is 10.1 Å². The van der Waals surface area contributed by atoms with Crippen molar-refractivity contribution < 1.29 is 4.74 Å². The van der Waals surface area contributed by atoms with Gasteiger partial charge in [-0.05, 0) is 38.0 Å². The Morgan fingerprint density at radius 3 is 2.90 bits per heavy atom. The SMILES string of the molecule is CCCOc1cccc(CNc2cnn(C(C)C)c2)c1. The third-order valence-corrected chi connectivity index (χ3v) is 3.00. The van der Waals surface area contributed by atoms with Crippen molar-refractivity contribution in [3.8, 4) is 5.75 Å². The highest BCUT2D eigenvalue weighted by molar-refractivity contribution is 5.40. The molecule has 1 heterocycles. The van der Waals surface area contributed by atoms with E-state index in [9.17, 15) is 0 Å². The highest BCUT2D eigenvalue weighted by atomic mass is 16.5. The molecule has 1 aromatic heterocycles. The summed E-state index contributed by atoms with van der Waals surface area (Å²) in [5, 5.41) is 7.70. The molecule has 0 radical (unpaired) electrons. The Hall–Kier alpha value is -1.97. The molecule has 2 rings (SSSR count). The lowest BCUT2D eigenvalue weighted by molar-refractivity contribution is 0.317. The van der Waals surface area contributed by atoms with Crippen LogP contribution >= 0.6 is 0 Å². The van der Waals surface area contributed by atoms with Crippen LogP contribution in [0.15, 0.2) is 36.7 Å². The lowest BCUT2D eigenvalue weighted by Gasteiger charge is -2.08. The maximum atomic E-state index is 5.64. The average Bonchev–Trinajstić information content (AvgIpc) is 2.92. The first-order valence-corrected chi connectivity index (χ1v) is 7.19. The van der Waals surface area contributed by atoms with Crippen molar-refractivity contribution in [1.82, 2.24) is 9.78 Å². The van der Waals surface area contributed by atoms with Crippen LogP contribution < -0.4 is 10.1 Å². The van der Waals surface area contributed by atoms with Gasteiger partial charge in [0.2, 0.25) is 0 Å². The molecular weight excluding hydrogens is 250 g/mol. The fourth-order valence-corrected chi connectivity index (χ4v) is 1.88. The minimum atomic E-state index is 0.385. The van der Waals surface area contributed by atoms with E-state index < -0.39 is 0 Å². The maximum Gasteiger partial charge on any atom is 0.119 e. The number of hydrogen-bond acceptors (Lipinski definition) is 3. The van der Waals surface area contributed by atoms with E-state index >= 15 is 0 Å². The van der Waals surface area contributed by atoms with Crippen LogP contribution in [-0.4, -0.2) is 16.4 Å². The zero-order valence-electron chi connectivity index (χ0n) is 12.5. The van der Waals surface area contributed by atoms with E-state index in [2.05, 4.69) is 43.3 Å². The minimum absolute atomic E-state index is 0.385. The van der Waals surface area contributed by atoms with E-state index in [1.54, 1.807) is 0 Å². The molecule has 0 spiro atoms. The summed E-state index contributed by atoms with van der Waals surface area (Å²) in [6, 6.07) is 8.58. The van der Waals surface area contributed by atoms with Gasteiger partial charge in [-0.1, -0.05) is 19.1 Å². The minimum Gasteiger partial charge on any atom is -0.494 e. The van der Waals surface area contributed by atoms with Crippen LogP contribution in [0.2, 0.25) is 0 Å². The molecule has 1 N–H and O–H groups in total. The van der Waals surface area contributed by atoms with Gasteiger partial charge in [0.1, 0.15) is 5.75 Å². The molecule has 0 saturated heterocycles.